The number of H-pyrrole nitrogens is 1. The van der Waals surface area contributed by atoms with Gasteiger partial charge in [-0.15, -0.1) is 0 Å². The zero-order chi connectivity index (χ0) is 15.7. The summed E-state index contributed by atoms with van der Waals surface area (Å²) in [4.78, 5) is 5.69. The fourth-order valence-electron chi connectivity index (χ4n) is 3.17. The molecule has 0 bridgehead atoms. The van der Waals surface area contributed by atoms with Gasteiger partial charge in [0.15, 0.2) is 0 Å². The second kappa shape index (κ2) is 6.28. The van der Waals surface area contributed by atoms with Crippen molar-refractivity contribution in [1.29, 1.82) is 0 Å². The standard InChI is InChI=1S/C15H21N3O3S/c1-17-7-3-4-12(17)8-11-10-16-15-6-5-13(9-14(11)15)18(2)21-22(19)20/h5-6,9-10,12,16,22H,3-4,7-8H2,1-2H3/t12-/m1/s1. The van der Waals surface area contributed by atoms with Gasteiger partial charge in [-0.25, -0.2) is 13.5 Å². The molecule has 1 aliphatic rings. The summed E-state index contributed by atoms with van der Waals surface area (Å²) >= 11 is 0. The monoisotopic (exact) mass is 323 g/mol. The van der Waals surface area contributed by atoms with E-state index in [0.29, 0.717) is 11.7 Å². The van der Waals surface area contributed by atoms with Crippen LogP contribution in [0.15, 0.2) is 24.4 Å². The average Bonchev–Trinajstić information content (AvgIpc) is 3.05. The van der Waals surface area contributed by atoms with E-state index in [1.54, 1.807) is 7.05 Å². The van der Waals surface area contributed by atoms with E-state index in [2.05, 4.69) is 23.1 Å². The third-order valence-corrected chi connectivity index (χ3v) is 4.81. The SMILES string of the molecule is CN(O[SH](=O)=O)c1ccc2[nH]cc(C[C@H]3CCCN3C)c2c1. The molecule has 1 aromatic carbocycles. The molecule has 0 aliphatic carbocycles. The van der Waals surface area contributed by atoms with Gasteiger partial charge in [0.05, 0.1) is 5.69 Å². The lowest BCUT2D eigenvalue weighted by Gasteiger charge is -2.19. The van der Waals surface area contributed by atoms with Crippen molar-refractivity contribution in [3.63, 3.8) is 0 Å². The van der Waals surface area contributed by atoms with E-state index >= 15 is 0 Å². The number of anilines is 1. The van der Waals surface area contributed by atoms with Crippen molar-refractivity contribution in [3.8, 4) is 0 Å². The van der Waals surface area contributed by atoms with Gasteiger partial charge in [0.25, 0.3) is 11.0 Å². The largest absolute Gasteiger partial charge is 0.361 e. The number of hydrogen-bond donors (Lipinski definition) is 2. The van der Waals surface area contributed by atoms with Gasteiger partial charge in [-0.05, 0) is 56.6 Å². The molecule has 120 valence electrons. The van der Waals surface area contributed by atoms with Gasteiger partial charge in [0.2, 0.25) is 0 Å². The van der Waals surface area contributed by atoms with Crippen LogP contribution in [0.1, 0.15) is 18.4 Å². The predicted octanol–water partition coefficient (Wildman–Crippen LogP) is 1.70. The van der Waals surface area contributed by atoms with Gasteiger partial charge >= 0.3 is 0 Å². The summed E-state index contributed by atoms with van der Waals surface area (Å²) in [7, 11) is 0.849. The molecule has 0 amide bonds. The average molecular weight is 323 g/mol. The summed E-state index contributed by atoms with van der Waals surface area (Å²) in [5, 5.41) is 2.39. The molecule has 7 heteroatoms. The van der Waals surface area contributed by atoms with E-state index in [4.69, 9.17) is 4.28 Å². The lowest BCUT2D eigenvalue weighted by atomic mass is 10.0. The van der Waals surface area contributed by atoms with E-state index < -0.39 is 11.0 Å². The number of nitrogens with one attached hydrogen (secondary N) is 1. The number of rotatable bonds is 5. The summed E-state index contributed by atoms with van der Waals surface area (Å²) in [5.41, 5.74) is 3.03. The summed E-state index contributed by atoms with van der Waals surface area (Å²) in [6, 6.07) is 6.33. The molecule has 0 spiro atoms. The first-order valence-corrected chi connectivity index (χ1v) is 8.50. The first-order valence-electron chi connectivity index (χ1n) is 7.41. The van der Waals surface area contributed by atoms with Crippen LogP contribution in [0.4, 0.5) is 5.69 Å². The first-order chi connectivity index (χ1) is 10.5. The molecule has 1 aliphatic heterocycles. The predicted molar refractivity (Wildman–Crippen MR) is 87.5 cm³/mol. The van der Waals surface area contributed by atoms with Crippen LogP contribution >= 0.6 is 0 Å². The minimum Gasteiger partial charge on any atom is -0.361 e. The van der Waals surface area contributed by atoms with Crippen molar-refractivity contribution < 1.29 is 12.7 Å². The highest BCUT2D eigenvalue weighted by Gasteiger charge is 2.22. The number of aromatic nitrogens is 1. The Hall–Kier alpha value is -1.57. The van der Waals surface area contributed by atoms with Crippen molar-refractivity contribution in [2.24, 2.45) is 0 Å². The normalized spacial score (nSPS) is 19.3. The van der Waals surface area contributed by atoms with Gasteiger partial charge in [-0.1, -0.05) is 0 Å². The number of likely N-dealkylation sites (N-methyl/N-ethyl adjacent to an activating group) is 1. The van der Waals surface area contributed by atoms with Crippen LogP contribution in [0, 0.1) is 0 Å². The maximum absolute atomic E-state index is 10.7. The maximum Gasteiger partial charge on any atom is 0.277 e. The second-order valence-electron chi connectivity index (χ2n) is 5.83. The quantitative estimate of drug-likeness (QED) is 0.648. The zero-order valence-electron chi connectivity index (χ0n) is 12.8. The lowest BCUT2D eigenvalue weighted by molar-refractivity contribution is 0.310. The molecule has 0 radical (unpaired) electrons. The van der Waals surface area contributed by atoms with Gasteiger partial charge in [0, 0.05) is 30.2 Å². The fraction of sp³-hybridized carbons (Fsp3) is 0.467. The molecule has 2 aromatic rings. The first kappa shape index (κ1) is 15.3. The molecule has 1 saturated heterocycles. The smallest absolute Gasteiger partial charge is 0.277 e. The third kappa shape index (κ3) is 3.11. The number of aromatic amines is 1. The van der Waals surface area contributed by atoms with Crippen LogP contribution in [0.25, 0.3) is 10.9 Å². The summed E-state index contributed by atoms with van der Waals surface area (Å²) in [6.45, 7) is 1.16. The highest BCUT2D eigenvalue weighted by molar-refractivity contribution is 7.67. The number of nitrogens with zero attached hydrogens (tertiary/aromatic N) is 2. The zero-order valence-corrected chi connectivity index (χ0v) is 13.7. The van der Waals surface area contributed by atoms with E-state index in [0.717, 1.165) is 23.9 Å². The maximum atomic E-state index is 10.7. The number of benzene rings is 1. The van der Waals surface area contributed by atoms with Crippen LogP contribution in [-0.2, 0) is 21.7 Å². The van der Waals surface area contributed by atoms with Crippen molar-refractivity contribution >= 4 is 27.6 Å². The molecular formula is C15H21N3O3S. The second-order valence-corrected chi connectivity index (χ2v) is 6.44. The number of thiol groups is 1. The summed E-state index contributed by atoms with van der Waals surface area (Å²) < 4.78 is 26.1. The van der Waals surface area contributed by atoms with Crippen molar-refractivity contribution in [2.75, 3.05) is 25.7 Å². The van der Waals surface area contributed by atoms with E-state index in [1.165, 1.54) is 23.5 Å². The Balaban J connectivity index is 1.88. The molecule has 0 saturated carbocycles. The van der Waals surface area contributed by atoms with Crippen molar-refractivity contribution in [3.05, 3.63) is 30.0 Å². The highest BCUT2D eigenvalue weighted by atomic mass is 32.2. The van der Waals surface area contributed by atoms with Crippen LogP contribution < -0.4 is 5.06 Å². The van der Waals surface area contributed by atoms with E-state index in [1.807, 2.05) is 18.2 Å². The van der Waals surface area contributed by atoms with Crippen LogP contribution in [0.3, 0.4) is 0 Å². The minimum atomic E-state index is -2.91. The van der Waals surface area contributed by atoms with Crippen molar-refractivity contribution in [1.82, 2.24) is 9.88 Å². The molecule has 1 atom stereocenters. The molecule has 6 nitrogen and oxygen atoms in total. The Morgan fingerprint density at radius 3 is 2.95 bits per heavy atom. The summed E-state index contributed by atoms with van der Waals surface area (Å²) in [5.74, 6) is 0. The molecule has 2 heterocycles. The topological polar surface area (TPSA) is 65.6 Å². The Kier molecular flexibility index (Phi) is 4.37. The number of hydroxylamine groups is 1. The Morgan fingerprint density at radius 1 is 1.45 bits per heavy atom. The van der Waals surface area contributed by atoms with Crippen molar-refractivity contribution in [2.45, 2.75) is 25.3 Å². The molecule has 1 N–H and O–H groups in total. The number of hydrogen-bond acceptors (Lipinski definition) is 5. The molecule has 22 heavy (non-hydrogen) atoms. The van der Waals surface area contributed by atoms with Gasteiger partial charge in [0.1, 0.15) is 0 Å². The Bertz CT molecular complexity index is 733. The Morgan fingerprint density at radius 2 is 2.27 bits per heavy atom. The van der Waals surface area contributed by atoms with Gasteiger partial charge in [-0.2, -0.15) is 4.28 Å². The van der Waals surface area contributed by atoms with E-state index in [-0.39, 0.29) is 0 Å². The lowest BCUT2D eigenvalue weighted by Crippen LogP contribution is -2.26. The van der Waals surface area contributed by atoms with E-state index in [9.17, 15) is 8.42 Å². The fourth-order valence-corrected chi connectivity index (χ4v) is 3.46. The number of fused-ring (bicyclic) bond motifs is 1. The summed E-state index contributed by atoms with van der Waals surface area (Å²) in [6.07, 6.45) is 5.53. The molecule has 3 rings (SSSR count). The highest BCUT2D eigenvalue weighted by Crippen LogP contribution is 2.27. The molecule has 1 aromatic heterocycles. The Labute approximate surface area is 131 Å². The number of likely N-dealkylation sites (tertiary alicyclic amines) is 1. The van der Waals surface area contributed by atoms with Gasteiger partial charge < -0.3 is 9.88 Å². The third-order valence-electron chi connectivity index (χ3n) is 4.43. The minimum absolute atomic E-state index is 0.577. The van der Waals surface area contributed by atoms with Crippen LogP contribution in [0.5, 0.6) is 0 Å². The van der Waals surface area contributed by atoms with Gasteiger partial charge in [-0.3, -0.25) is 0 Å². The molecule has 0 unspecified atom stereocenters. The van der Waals surface area contributed by atoms with Crippen LogP contribution in [0.2, 0.25) is 0 Å². The van der Waals surface area contributed by atoms with Crippen LogP contribution in [-0.4, -0.2) is 45.0 Å². The molecule has 1 fully saturated rings. The molecular weight excluding hydrogens is 302 g/mol.